The van der Waals surface area contributed by atoms with Crippen molar-refractivity contribution in [1.82, 2.24) is 15.1 Å². The number of hydrogen-bond acceptors (Lipinski definition) is 2. The lowest BCUT2D eigenvalue weighted by Gasteiger charge is -2.20. The minimum Gasteiger partial charge on any atom is -0.311 e. The van der Waals surface area contributed by atoms with Crippen LogP contribution in [0.5, 0.6) is 0 Å². The van der Waals surface area contributed by atoms with Crippen molar-refractivity contribution < 1.29 is 0 Å². The zero-order chi connectivity index (χ0) is 10.3. The van der Waals surface area contributed by atoms with Crippen molar-refractivity contribution in [1.29, 1.82) is 0 Å². The van der Waals surface area contributed by atoms with E-state index < -0.39 is 0 Å². The highest BCUT2D eigenvalue weighted by molar-refractivity contribution is 5.32. The molecule has 0 atom stereocenters. The van der Waals surface area contributed by atoms with Crippen molar-refractivity contribution in [3.05, 3.63) is 17.0 Å². The predicted octanol–water partition coefficient (Wildman–Crippen LogP) is 1.36. The van der Waals surface area contributed by atoms with Crippen LogP contribution in [0, 0.1) is 0 Å². The van der Waals surface area contributed by atoms with Gasteiger partial charge >= 0.3 is 0 Å². The van der Waals surface area contributed by atoms with Crippen molar-refractivity contribution in [2.45, 2.75) is 39.2 Å². The molecular formula is C11H19N3. The van der Waals surface area contributed by atoms with Crippen LogP contribution >= 0.6 is 0 Å². The zero-order valence-corrected chi connectivity index (χ0v) is 9.52. The number of rotatable bonds is 0. The van der Waals surface area contributed by atoms with Crippen LogP contribution in [0.2, 0.25) is 0 Å². The molecule has 14 heavy (non-hydrogen) atoms. The molecule has 0 radical (unpaired) electrons. The standard InChI is InChI=1S/C11H19N3/c1-11(2,3)10-8-5-6-12-7-9(8)14(4)13-10/h12H,5-7H2,1-4H3. The van der Waals surface area contributed by atoms with Crippen LogP contribution in [0.3, 0.4) is 0 Å². The Morgan fingerprint density at radius 3 is 2.71 bits per heavy atom. The normalized spacial score (nSPS) is 16.9. The summed E-state index contributed by atoms with van der Waals surface area (Å²) in [5, 5.41) is 8.03. The van der Waals surface area contributed by atoms with Crippen LogP contribution in [0.25, 0.3) is 0 Å². The molecule has 0 saturated carbocycles. The first-order valence-electron chi connectivity index (χ1n) is 5.26. The third-order valence-corrected chi connectivity index (χ3v) is 2.83. The Morgan fingerprint density at radius 1 is 1.36 bits per heavy atom. The molecule has 1 aliphatic heterocycles. The molecule has 1 aliphatic rings. The van der Waals surface area contributed by atoms with Crippen LogP contribution in [0.4, 0.5) is 0 Å². The minimum atomic E-state index is 0.169. The topological polar surface area (TPSA) is 29.9 Å². The molecule has 0 fully saturated rings. The molecule has 3 nitrogen and oxygen atoms in total. The van der Waals surface area contributed by atoms with Gasteiger partial charge in [-0.1, -0.05) is 20.8 Å². The van der Waals surface area contributed by atoms with Crippen molar-refractivity contribution in [3.63, 3.8) is 0 Å². The Morgan fingerprint density at radius 2 is 2.07 bits per heavy atom. The van der Waals surface area contributed by atoms with Gasteiger partial charge in [0.2, 0.25) is 0 Å². The second-order valence-corrected chi connectivity index (χ2v) is 5.07. The monoisotopic (exact) mass is 193 g/mol. The third kappa shape index (κ3) is 1.46. The van der Waals surface area contributed by atoms with E-state index in [1.165, 1.54) is 17.0 Å². The SMILES string of the molecule is Cn1nc(C(C)(C)C)c2c1CNCC2. The van der Waals surface area contributed by atoms with Gasteiger partial charge in [0.05, 0.1) is 11.4 Å². The quantitative estimate of drug-likeness (QED) is 0.674. The molecule has 0 amide bonds. The lowest BCUT2D eigenvalue weighted by atomic mass is 9.87. The molecule has 0 unspecified atom stereocenters. The van der Waals surface area contributed by atoms with Gasteiger partial charge in [-0.25, -0.2) is 0 Å². The van der Waals surface area contributed by atoms with E-state index in [4.69, 9.17) is 0 Å². The molecule has 2 heterocycles. The van der Waals surface area contributed by atoms with Crippen molar-refractivity contribution >= 4 is 0 Å². The highest BCUT2D eigenvalue weighted by atomic mass is 15.3. The first-order chi connectivity index (χ1) is 6.50. The van der Waals surface area contributed by atoms with Gasteiger partial charge in [0.15, 0.2) is 0 Å². The molecule has 1 aromatic heterocycles. The van der Waals surface area contributed by atoms with E-state index >= 15 is 0 Å². The largest absolute Gasteiger partial charge is 0.311 e. The van der Waals surface area contributed by atoms with Gasteiger partial charge in [0.25, 0.3) is 0 Å². The maximum atomic E-state index is 4.64. The summed E-state index contributed by atoms with van der Waals surface area (Å²) >= 11 is 0. The molecule has 2 rings (SSSR count). The van der Waals surface area contributed by atoms with E-state index in [2.05, 4.69) is 31.2 Å². The maximum Gasteiger partial charge on any atom is 0.0713 e. The van der Waals surface area contributed by atoms with Crippen molar-refractivity contribution in [3.8, 4) is 0 Å². The van der Waals surface area contributed by atoms with Crippen LogP contribution in [-0.4, -0.2) is 16.3 Å². The van der Waals surface area contributed by atoms with Crippen LogP contribution < -0.4 is 5.32 Å². The second kappa shape index (κ2) is 3.09. The molecule has 0 saturated heterocycles. The summed E-state index contributed by atoms with van der Waals surface area (Å²) in [6.07, 6.45) is 1.12. The Labute approximate surface area is 85.5 Å². The Balaban J connectivity index is 2.52. The molecule has 0 aliphatic carbocycles. The molecular weight excluding hydrogens is 174 g/mol. The maximum absolute atomic E-state index is 4.64. The molecule has 1 N–H and O–H groups in total. The summed E-state index contributed by atoms with van der Waals surface area (Å²) in [5.74, 6) is 0. The summed E-state index contributed by atoms with van der Waals surface area (Å²) < 4.78 is 2.03. The average molecular weight is 193 g/mol. The smallest absolute Gasteiger partial charge is 0.0713 e. The van der Waals surface area contributed by atoms with Gasteiger partial charge in [0.1, 0.15) is 0 Å². The third-order valence-electron chi connectivity index (χ3n) is 2.83. The number of aryl methyl sites for hydroxylation is 1. The van der Waals surface area contributed by atoms with Crippen LogP contribution in [0.15, 0.2) is 0 Å². The summed E-state index contributed by atoms with van der Waals surface area (Å²) in [7, 11) is 2.04. The minimum absolute atomic E-state index is 0.169. The van der Waals surface area contributed by atoms with E-state index in [1.807, 2.05) is 11.7 Å². The molecule has 78 valence electrons. The molecule has 1 aromatic rings. The van der Waals surface area contributed by atoms with E-state index in [1.54, 1.807) is 0 Å². The molecule has 3 heteroatoms. The Kier molecular flexibility index (Phi) is 2.14. The van der Waals surface area contributed by atoms with Gasteiger partial charge in [-0.2, -0.15) is 5.10 Å². The van der Waals surface area contributed by atoms with E-state index in [9.17, 15) is 0 Å². The van der Waals surface area contributed by atoms with E-state index in [0.717, 1.165) is 19.5 Å². The second-order valence-electron chi connectivity index (χ2n) is 5.07. The molecule has 0 bridgehead atoms. The van der Waals surface area contributed by atoms with E-state index in [-0.39, 0.29) is 5.41 Å². The molecule has 0 spiro atoms. The molecule has 0 aromatic carbocycles. The average Bonchev–Trinajstić information content (AvgIpc) is 2.44. The highest BCUT2D eigenvalue weighted by Gasteiger charge is 2.26. The van der Waals surface area contributed by atoms with Crippen molar-refractivity contribution in [2.24, 2.45) is 7.05 Å². The highest BCUT2D eigenvalue weighted by Crippen LogP contribution is 2.28. The fourth-order valence-electron chi connectivity index (χ4n) is 2.11. The van der Waals surface area contributed by atoms with Gasteiger partial charge in [-0.05, 0) is 18.5 Å². The Hall–Kier alpha value is -0.830. The number of nitrogens with one attached hydrogen (secondary N) is 1. The zero-order valence-electron chi connectivity index (χ0n) is 9.52. The van der Waals surface area contributed by atoms with E-state index in [0.29, 0.717) is 0 Å². The summed E-state index contributed by atoms with van der Waals surface area (Å²) in [6.45, 7) is 8.75. The number of fused-ring (bicyclic) bond motifs is 1. The fourth-order valence-corrected chi connectivity index (χ4v) is 2.11. The van der Waals surface area contributed by atoms with Crippen LogP contribution in [-0.2, 0) is 25.4 Å². The first kappa shape index (κ1) is 9.71. The summed E-state index contributed by atoms with van der Waals surface area (Å²) in [6, 6.07) is 0. The van der Waals surface area contributed by atoms with Gasteiger partial charge in [-0.3, -0.25) is 4.68 Å². The lowest BCUT2D eigenvalue weighted by molar-refractivity contribution is 0.548. The van der Waals surface area contributed by atoms with Gasteiger partial charge in [0, 0.05) is 19.0 Å². The fraction of sp³-hybridized carbons (Fsp3) is 0.727. The predicted molar refractivity (Wildman–Crippen MR) is 57.3 cm³/mol. The summed E-state index contributed by atoms with van der Waals surface area (Å²) in [4.78, 5) is 0. The van der Waals surface area contributed by atoms with Crippen molar-refractivity contribution in [2.75, 3.05) is 6.54 Å². The Bertz CT molecular complexity index is 344. The first-order valence-corrected chi connectivity index (χ1v) is 5.26. The van der Waals surface area contributed by atoms with Gasteiger partial charge < -0.3 is 5.32 Å². The lowest BCUT2D eigenvalue weighted by Crippen LogP contribution is -2.26. The number of hydrogen-bond donors (Lipinski definition) is 1. The van der Waals surface area contributed by atoms with Crippen LogP contribution in [0.1, 0.15) is 37.7 Å². The number of nitrogens with zero attached hydrogens (tertiary/aromatic N) is 2. The summed E-state index contributed by atoms with van der Waals surface area (Å²) in [5.41, 5.74) is 4.28. The number of aromatic nitrogens is 2. The van der Waals surface area contributed by atoms with Gasteiger partial charge in [-0.15, -0.1) is 0 Å².